The van der Waals surface area contributed by atoms with Gasteiger partial charge in [0.25, 0.3) is 5.91 Å². The number of amides is 1. The van der Waals surface area contributed by atoms with Crippen LogP contribution < -0.4 is 5.32 Å². The van der Waals surface area contributed by atoms with Crippen molar-refractivity contribution in [2.24, 2.45) is 7.05 Å². The zero-order valence-corrected chi connectivity index (χ0v) is 13.3. The fraction of sp³-hybridized carbons (Fsp3) is 0.176. The molecule has 122 valence electrons. The highest BCUT2D eigenvalue weighted by Crippen LogP contribution is 2.15. The van der Waals surface area contributed by atoms with E-state index >= 15 is 0 Å². The summed E-state index contributed by atoms with van der Waals surface area (Å²) in [7, 11) is 1.79. The van der Waals surface area contributed by atoms with Crippen LogP contribution in [-0.2, 0) is 11.8 Å². The van der Waals surface area contributed by atoms with Crippen molar-refractivity contribution in [3.05, 3.63) is 53.6 Å². The minimum atomic E-state index is -0.386. The van der Waals surface area contributed by atoms with E-state index < -0.39 is 0 Å². The number of nitrogens with zero attached hydrogens (tertiary/aromatic N) is 3. The molecule has 1 amide bonds. The highest BCUT2D eigenvalue weighted by atomic mass is 16.5. The van der Waals surface area contributed by atoms with E-state index in [0.717, 1.165) is 5.52 Å². The summed E-state index contributed by atoms with van der Waals surface area (Å²) in [5, 5.41) is 10.7. The molecule has 1 N–H and O–H groups in total. The van der Waals surface area contributed by atoms with Gasteiger partial charge in [-0.05, 0) is 49.4 Å². The Morgan fingerprint density at radius 1 is 1.12 bits per heavy atom. The summed E-state index contributed by atoms with van der Waals surface area (Å²) in [6.07, 6.45) is 0. The van der Waals surface area contributed by atoms with Crippen LogP contribution >= 0.6 is 0 Å². The van der Waals surface area contributed by atoms with Crippen molar-refractivity contribution in [2.75, 3.05) is 11.9 Å². The van der Waals surface area contributed by atoms with Crippen molar-refractivity contribution in [3.8, 4) is 0 Å². The average Bonchev–Trinajstić information content (AvgIpc) is 2.96. The number of anilines is 1. The standard InChI is InChI=1S/C17H16N4O3/c1-3-24-17(23)11-4-7-13(8-5-11)18-16(22)12-6-9-15-14(10-12)19-20-21(15)2/h4-10H,3H2,1-2H3,(H,18,22). The van der Waals surface area contributed by atoms with Gasteiger partial charge in [-0.25, -0.2) is 9.48 Å². The van der Waals surface area contributed by atoms with E-state index in [-0.39, 0.29) is 11.9 Å². The Morgan fingerprint density at radius 2 is 1.83 bits per heavy atom. The summed E-state index contributed by atoms with van der Waals surface area (Å²) in [6, 6.07) is 11.7. The Hall–Kier alpha value is -3.22. The lowest BCUT2D eigenvalue weighted by molar-refractivity contribution is 0.0526. The van der Waals surface area contributed by atoms with Gasteiger partial charge in [-0.15, -0.1) is 5.10 Å². The number of ether oxygens (including phenoxy) is 1. The van der Waals surface area contributed by atoms with E-state index in [4.69, 9.17) is 4.74 Å². The fourth-order valence-electron chi connectivity index (χ4n) is 2.29. The number of nitrogens with one attached hydrogen (secondary N) is 1. The molecule has 7 heteroatoms. The first-order valence-electron chi connectivity index (χ1n) is 7.46. The van der Waals surface area contributed by atoms with E-state index in [2.05, 4.69) is 15.6 Å². The highest BCUT2D eigenvalue weighted by molar-refractivity contribution is 6.06. The number of aryl methyl sites for hydroxylation is 1. The largest absolute Gasteiger partial charge is 0.462 e. The lowest BCUT2D eigenvalue weighted by Gasteiger charge is -2.06. The van der Waals surface area contributed by atoms with Crippen LogP contribution in [0.25, 0.3) is 11.0 Å². The zero-order chi connectivity index (χ0) is 17.1. The maximum absolute atomic E-state index is 12.3. The van der Waals surface area contributed by atoms with Gasteiger partial charge in [-0.2, -0.15) is 0 Å². The molecule has 0 unspecified atom stereocenters. The predicted molar refractivity (Wildman–Crippen MR) is 88.9 cm³/mol. The summed E-state index contributed by atoms with van der Waals surface area (Å²) in [6.45, 7) is 2.07. The summed E-state index contributed by atoms with van der Waals surface area (Å²) in [5.74, 6) is -0.644. The molecule has 1 heterocycles. The molecule has 0 aliphatic carbocycles. The second-order valence-electron chi connectivity index (χ2n) is 5.17. The van der Waals surface area contributed by atoms with Crippen molar-refractivity contribution < 1.29 is 14.3 Å². The molecule has 0 aliphatic heterocycles. The van der Waals surface area contributed by atoms with Gasteiger partial charge in [0.05, 0.1) is 17.7 Å². The molecule has 24 heavy (non-hydrogen) atoms. The van der Waals surface area contributed by atoms with Crippen molar-refractivity contribution in [3.63, 3.8) is 0 Å². The molecule has 0 atom stereocenters. The van der Waals surface area contributed by atoms with E-state index in [9.17, 15) is 9.59 Å². The number of aromatic nitrogens is 3. The molecular formula is C17H16N4O3. The number of esters is 1. The van der Waals surface area contributed by atoms with Crippen LogP contribution in [0.4, 0.5) is 5.69 Å². The maximum atomic E-state index is 12.3. The highest BCUT2D eigenvalue weighted by Gasteiger charge is 2.11. The summed E-state index contributed by atoms with van der Waals surface area (Å²) in [4.78, 5) is 23.9. The summed E-state index contributed by atoms with van der Waals surface area (Å²) < 4.78 is 6.56. The molecule has 2 aromatic carbocycles. The summed E-state index contributed by atoms with van der Waals surface area (Å²) >= 11 is 0. The molecular weight excluding hydrogens is 308 g/mol. The van der Waals surface area contributed by atoms with Gasteiger partial charge in [-0.1, -0.05) is 5.21 Å². The molecule has 0 saturated carbocycles. The number of benzene rings is 2. The third-order valence-corrected chi connectivity index (χ3v) is 3.53. The van der Waals surface area contributed by atoms with Gasteiger partial charge >= 0.3 is 5.97 Å². The third kappa shape index (κ3) is 3.10. The quantitative estimate of drug-likeness (QED) is 0.745. The second kappa shape index (κ2) is 6.49. The first-order chi connectivity index (χ1) is 11.6. The molecule has 3 rings (SSSR count). The van der Waals surface area contributed by atoms with Gasteiger partial charge < -0.3 is 10.1 Å². The number of rotatable bonds is 4. The molecule has 0 spiro atoms. The summed E-state index contributed by atoms with van der Waals surface area (Å²) in [5.41, 5.74) is 3.02. The third-order valence-electron chi connectivity index (χ3n) is 3.53. The second-order valence-corrected chi connectivity index (χ2v) is 5.17. The van der Waals surface area contributed by atoms with Crippen molar-refractivity contribution >= 4 is 28.6 Å². The van der Waals surface area contributed by atoms with Crippen LogP contribution in [0, 0.1) is 0 Å². The normalized spacial score (nSPS) is 10.6. The molecule has 0 saturated heterocycles. The average molecular weight is 324 g/mol. The predicted octanol–water partition coefficient (Wildman–Crippen LogP) is 2.40. The van der Waals surface area contributed by atoms with Crippen molar-refractivity contribution in [2.45, 2.75) is 6.92 Å². The smallest absolute Gasteiger partial charge is 0.338 e. The van der Waals surface area contributed by atoms with Crippen molar-refractivity contribution in [1.82, 2.24) is 15.0 Å². The van der Waals surface area contributed by atoms with Gasteiger partial charge in [0.15, 0.2) is 0 Å². The fourth-order valence-corrected chi connectivity index (χ4v) is 2.29. The molecule has 0 aliphatic rings. The van der Waals surface area contributed by atoms with Crippen LogP contribution in [0.3, 0.4) is 0 Å². The minimum Gasteiger partial charge on any atom is -0.462 e. The first kappa shape index (κ1) is 15.7. The Kier molecular flexibility index (Phi) is 4.24. The van der Waals surface area contributed by atoms with Crippen LogP contribution in [-0.4, -0.2) is 33.5 Å². The molecule has 7 nitrogen and oxygen atoms in total. The van der Waals surface area contributed by atoms with Gasteiger partial charge in [0, 0.05) is 18.3 Å². The Morgan fingerprint density at radius 3 is 2.54 bits per heavy atom. The van der Waals surface area contributed by atoms with E-state index in [1.54, 1.807) is 61.1 Å². The van der Waals surface area contributed by atoms with Crippen molar-refractivity contribution in [1.29, 1.82) is 0 Å². The lowest BCUT2D eigenvalue weighted by atomic mass is 10.1. The number of fused-ring (bicyclic) bond motifs is 1. The molecule has 0 radical (unpaired) electrons. The number of hydrogen-bond donors (Lipinski definition) is 1. The molecule has 1 aromatic heterocycles. The van der Waals surface area contributed by atoms with E-state index in [1.165, 1.54) is 0 Å². The van der Waals surface area contributed by atoms with Crippen LogP contribution in [0.2, 0.25) is 0 Å². The van der Waals surface area contributed by atoms with Crippen LogP contribution in [0.5, 0.6) is 0 Å². The van der Waals surface area contributed by atoms with Crippen LogP contribution in [0.15, 0.2) is 42.5 Å². The Balaban J connectivity index is 1.74. The first-order valence-corrected chi connectivity index (χ1v) is 7.46. The number of carbonyl (C=O) groups excluding carboxylic acids is 2. The van der Waals surface area contributed by atoms with Gasteiger partial charge in [-0.3, -0.25) is 4.79 Å². The van der Waals surface area contributed by atoms with Gasteiger partial charge in [0.1, 0.15) is 5.52 Å². The molecule has 0 fully saturated rings. The SMILES string of the molecule is CCOC(=O)c1ccc(NC(=O)c2ccc3c(c2)nnn3C)cc1. The van der Waals surface area contributed by atoms with E-state index in [0.29, 0.717) is 28.9 Å². The Labute approximate surface area is 138 Å². The lowest BCUT2D eigenvalue weighted by Crippen LogP contribution is -2.12. The molecule has 3 aromatic rings. The monoisotopic (exact) mass is 324 g/mol. The number of carbonyl (C=O) groups is 2. The Bertz CT molecular complexity index is 900. The van der Waals surface area contributed by atoms with E-state index in [1.807, 2.05) is 0 Å². The maximum Gasteiger partial charge on any atom is 0.338 e. The topological polar surface area (TPSA) is 86.1 Å². The zero-order valence-electron chi connectivity index (χ0n) is 13.3. The minimum absolute atomic E-state index is 0.258. The van der Waals surface area contributed by atoms with Crippen LogP contribution in [0.1, 0.15) is 27.6 Å². The number of hydrogen-bond acceptors (Lipinski definition) is 5. The molecule has 0 bridgehead atoms. The van der Waals surface area contributed by atoms with Gasteiger partial charge in [0.2, 0.25) is 0 Å².